The van der Waals surface area contributed by atoms with Gasteiger partial charge in [-0.2, -0.15) is 0 Å². The summed E-state index contributed by atoms with van der Waals surface area (Å²) in [4.78, 5) is 14.8. The van der Waals surface area contributed by atoms with Crippen LogP contribution in [-0.4, -0.2) is 38.4 Å². The third-order valence-electron chi connectivity index (χ3n) is 5.26. The van der Waals surface area contributed by atoms with E-state index in [1.807, 2.05) is 18.2 Å². The third-order valence-corrected chi connectivity index (χ3v) is 6.96. The second kappa shape index (κ2) is 8.64. The van der Waals surface area contributed by atoms with Crippen LogP contribution in [0.4, 0.5) is 0 Å². The Hall–Kier alpha value is -1.89. The molecule has 2 aromatic carbocycles. The van der Waals surface area contributed by atoms with Crippen LogP contribution in [0.25, 0.3) is 0 Å². The van der Waals surface area contributed by atoms with Gasteiger partial charge in [0.1, 0.15) is 0 Å². The minimum atomic E-state index is -3.45. The molecule has 7 heteroatoms. The molecule has 5 nitrogen and oxygen atoms in total. The van der Waals surface area contributed by atoms with Crippen molar-refractivity contribution in [3.05, 3.63) is 65.7 Å². The van der Waals surface area contributed by atoms with E-state index in [0.717, 1.165) is 12.0 Å². The number of hydrogen-bond acceptors (Lipinski definition) is 4. The van der Waals surface area contributed by atoms with Gasteiger partial charge in [0.15, 0.2) is 9.84 Å². The SMILES string of the molecule is CC1(C)CN(C(=O)c2ccc(S(=O)(=O)Cc3ccccc3)cc2)CCC1N.Cl. The summed E-state index contributed by atoms with van der Waals surface area (Å²) in [6, 6.07) is 15.4. The van der Waals surface area contributed by atoms with Crippen LogP contribution in [0, 0.1) is 5.41 Å². The maximum absolute atomic E-state index is 12.8. The molecular formula is C21H27ClN2O3S. The molecule has 0 aromatic heterocycles. The fourth-order valence-electron chi connectivity index (χ4n) is 3.41. The van der Waals surface area contributed by atoms with E-state index in [0.29, 0.717) is 18.7 Å². The second-order valence-corrected chi connectivity index (χ2v) is 9.87. The first-order chi connectivity index (χ1) is 12.7. The first kappa shape index (κ1) is 22.4. The van der Waals surface area contributed by atoms with Gasteiger partial charge in [0.2, 0.25) is 0 Å². The number of amides is 1. The van der Waals surface area contributed by atoms with Crippen molar-refractivity contribution in [2.75, 3.05) is 13.1 Å². The molecule has 1 atom stereocenters. The molecule has 1 heterocycles. The number of carbonyl (C=O) groups is 1. The first-order valence-electron chi connectivity index (χ1n) is 9.11. The number of likely N-dealkylation sites (tertiary alicyclic amines) is 1. The van der Waals surface area contributed by atoms with Crippen LogP contribution in [0.5, 0.6) is 0 Å². The number of rotatable bonds is 4. The Morgan fingerprint density at radius 1 is 1.11 bits per heavy atom. The predicted octanol–water partition coefficient (Wildman–Crippen LogP) is 3.28. The van der Waals surface area contributed by atoms with Crippen LogP contribution < -0.4 is 5.73 Å². The third kappa shape index (κ3) is 4.93. The number of carbonyl (C=O) groups excluding carboxylic acids is 1. The van der Waals surface area contributed by atoms with Gasteiger partial charge in [-0.1, -0.05) is 44.2 Å². The maximum Gasteiger partial charge on any atom is 0.253 e. The van der Waals surface area contributed by atoms with E-state index in [1.165, 1.54) is 12.1 Å². The molecule has 0 radical (unpaired) electrons. The summed E-state index contributed by atoms with van der Waals surface area (Å²) >= 11 is 0. The number of nitrogens with two attached hydrogens (primary N) is 1. The standard InChI is InChI=1S/C21H26N2O3S.ClH/c1-21(2)15-23(13-12-19(21)22)20(24)17-8-10-18(11-9-17)27(25,26)14-16-6-4-3-5-7-16;/h3-11,19H,12-15,22H2,1-2H3;1H. The van der Waals surface area contributed by atoms with E-state index in [4.69, 9.17) is 5.73 Å². The van der Waals surface area contributed by atoms with Gasteiger partial charge in [-0.05, 0) is 41.7 Å². The Kier molecular flexibility index (Phi) is 6.91. The van der Waals surface area contributed by atoms with Gasteiger partial charge in [0.25, 0.3) is 5.91 Å². The van der Waals surface area contributed by atoms with E-state index >= 15 is 0 Å². The minimum absolute atomic E-state index is 0. The van der Waals surface area contributed by atoms with Crippen LogP contribution in [-0.2, 0) is 15.6 Å². The van der Waals surface area contributed by atoms with E-state index in [2.05, 4.69) is 13.8 Å². The number of benzene rings is 2. The zero-order valence-electron chi connectivity index (χ0n) is 16.2. The monoisotopic (exact) mass is 422 g/mol. The summed E-state index contributed by atoms with van der Waals surface area (Å²) in [7, 11) is -3.45. The van der Waals surface area contributed by atoms with Crippen LogP contribution >= 0.6 is 12.4 Å². The molecule has 2 N–H and O–H groups in total. The summed E-state index contributed by atoms with van der Waals surface area (Å²) < 4.78 is 25.2. The van der Waals surface area contributed by atoms with Crippen molar-refractivity contribution < 1.29 is 13.2 Å². The van der Waals surface area contributed by atoms with Crippen molar-refractivity contribution in [2.24, 2.45) is 11.1 Å². The molecule has 0 saturated carbocycles. The molecule has 152 valence electrons. The van der Waals surface area contributed by atoms with E-state index in [1.54, 1.807) is 29.2 Å². The number of halogens is 1. The molecule has 0 spiro atoms. The second-order valence-electron chi connectivity index (χ2n) is 7.88. The highest BCUT2D eigenvalue weighted by Crippen LogP contribution is 2.28. The first-order valence-corrected chi connectivity index (χ1v) is 10.8. The topological polar surface area (TPSA) is 80.5 Å². The van der Waals surface area contributed by atoms with E-state index < -0.39 is 9.84 Å². The lowest BCUT2D eigenvalue weighted by molar-refractivity contribution is 0.0533. The molecule has 1 aliphatic rings. The van der Waals surface area contributed by atoms with Gasteiger partial charge in [-0.25, -0.2) is 8.42 Å². The Bertz CT molecular complexity index is 912. The van der Waals surface area contributed by atoms with Gasteiger partial charge >= 0.3 is 0 Å². The molecule has 1 amide bonds. The lowest BCUT2D eigenvalue weighted by atomic mass is 9.79. The highest BCUT2D eigenvalue weighted by Gasteiger charge is 2.35. The smallest absolute Gasteiger partial charge is 0.253 e. The predicted molar refractivity (Wildman–Crippen MR) is 113 cm³/mol. The summed E-state index contributed by atoms with van der Waals surface area (Å²) in [5.74, 6) is -0.138. The maximum atomic E-state index is 12.8. The highest BCUT2D eigenvalue weighted by atomic mass is 35.5. The zero-order chi connectivity index (χ0) is 19.7. The molecule has 0 bridgehead atoms. The highest BCUT2D eigenvalue weighted by molar-refractivity contribution is 7.90. The van der Waals surface area contributed by atoms with Crippen LogP contribution in [0.1, 0.15) is 36.2 Å². The number of sulfone groups is 1. The minimum Gasteiger partial charge on any atom is -0.338 e. The molecule has 3 rings (SSSR count). The average Bonchev–Trinajstić information content (AvgIpc) is 2.64. The quantitative estimate of drug-likeness (QED) is 0.819. The molecule has 1 fully saturated rings. The van der Waals surface area contributed by atoms with Gasteiger partial charge in [0.05, 0.1) is 10.6 Å². The molecule has 28 heavy (non-hydrogen) atoms. The molecule has 0 aliphatic carbocycles. The summed E-state index contributed by atoms with van der Waals surface area (Å²) in [5.41, 5.74) is 7.25. The lowest BCUT2D eigenvalue weighted by Crippen LogP contribution is -2.53. The molecule has 2 aromatic rings. The van der Waals surface area contributed by atoms with Crippen LogP contribution in [0.3, 0.4) is 0 Å². The van der Waals surface area contributed by atoms with Crippen LogP contribution in [0.2, 0.25) is 0 Å². The average molecular weight is 423 g/mol. The van der Waals surface area contributed by atoms with E-state index in [-0.39, 0.29) is 40.4 Å². The van der Waals surface area contributed by atoms with Crippen molar-refractivity contribution >= 4 is 28.2 Å². The summed E-state index contributed by atoms with van der Waals surface area (Å²) in [6.07, 6.45) is 0.766. The zero-order valence-corrected chi connectivity index (χ0v) is 17.8. The number of piperidine rings is 1. The van der Waals surface area contributed by atoms with Crippen molar-refractivity contribution in [1.29, 1.82) is 0 Å². The Morgan fingerprint density at radius 2 is 1.71 bits per heavy atom. The fourth-order valence-corrected chi connectivity index (χ4v) is 4.76. The van der Waals surface area contributed by atoms with Gasteiger partial charge in [-0.3, -0.25) is 4.79 Å². The molecule has 1 aliphatic heterocycles. The van der Waals surface area contributed by atoms with Crippen LogP contribution in [0.15, 0.2) is 59.5 Å². The largest absolute Gasteiger partial charge is 0.338 e. The normalized spacial score (nSPS) is 19.0. The van der Waals surface area contributed by atoms with E-state index in [9.17, 15) is 13.2 Å². The lowest BCUT2D eigenvalue weighted by Gasteiger charge is -2.42. The van der Waals surface area contributed by atoms with Crippen molar-refractivity contribution in [1.82, 2.24) is 4.90 Å². The fraction of sp³-hybridized carbons (Fsp3) is 0.381. The van der Waals surface area contributed by atoms with Gasteiger partial charge in [-0.15, -0.1) is 12.4 Å². The summed E-state index contributed by atoms with van der Waals surface area (Å²) in [6.45, 7) is 5.35. The van der Waals surface area contributed by atoms with Crippen molar-refractivity contribution in [3.63, 3.8) is 0 Å². The molecule has 1 saturated heterocycles. The Balaban J connectivity index is 0.00000280. The van der Waals surface area contributed by atoms with Gasteiger partial charge < -0.3 is 10.6 Å². The number of hydrogen-bond donors (Lipinski definition) is 1. The van der Waals surface area contributed by atoms with Crippen molar-refractivity contribution in [3.8, 4) is 0 Å². The molecule has 1 unspecified atom stereocenters. The Morgan fingerprint density at radius 3 is 2.29 bits per heavy atom. The molecular weight excluding hydrogens is 396 g/mol. The van der Waals surface area contributed by atoms with Gasteiger partial charge in [0, 0.05) is 24.7 Å². The Labute approximate surface area is 173 Å². The summed E-state index contributed by atoms with van der Waals surface area (Å²) in [5, 5.41) is 0. The van der Waals surface area contributed by atoms with Crippen molar-refractivity contribution in [2.45, 2.75) is 37.0 Å². The number of nitrogens with zero attached hydrogens (tertiary/aromatic N) is 1.